The number of aryl methyl sites for hydroxylation is 1. The predicted octanol–water partition coefficient (Wildman–Crippen LogP) is 1.61. The first kappa shape index (κ1) is 17.5. The van der Waals surface area contributed by atoms with E-state index in [2.05, 4.69) is 15.7 Å². The van der Waals surface area contributed by atoms with Crippen molar-refractivity contribution in [2.45, 2.75) is 25.9 Å². The van der Waals surface area contributed by atoms with E-state index in [0.29, 0.717) is 6.54 Å². The first-order valence-electron chi connectivity index (χ1n) is 7.94. The van der Waals surface area contributed by atoms with Gasteiger partial charge in [0.1, 0.15) is 6.04 Å². The largest absolute Gasteiger partial charge is 0.354 e. The van der Waals surface area contributed by atoms with Crippen LogP contribution in [0.5, 0.6) is 0 Å². The van der Waals surface area contributed by atoms with Gasteiger partial charge in [-0.1, -0.05) is 30.3 Å². The van der Waals surface area contributed by atoms with Crippen molar-refractivity contribution in [1.29, 1.82) is 0 Å². The lowest BCUT2D eigenvalue weighted by molar-refractivity contribution is -0.126. The molecule has 0 aliphatic rings. The molecule has 1 aromatic carbocycles. The minimum absolute atomic E-state index is 0.197. The van der Waals surface area contributed by atoms with E-state index < -0.39 is 6.04 Å². The molecule has 6 nitrogen and oxygen atoms in total. The lowest BCUT2D eigenvalue weighted by atomic mass is 10.2. The Bertz CT molecular complexity index is 666. The topological polar surface area (TPSA) is 76.0 Å². The Labute approximate surface area is 141 Å². The van der Waals surface area contributed by atoms with Crippen molar-refractivity contribution in [3.63, 3.8) is 0 Å². The summed E-state index contributed by atoms with van der Waals surface area (Å²) in [5.41, 5.74) is 0.934. The fourth-order valence-electron chi connectivity index (χ4n) is 2.10. The maximum Gasteiger partial charge on any atom is 0.244 e. The van der Waals surface area contributed by atoms with Gasteiger partial charge in [-0.15, -0.1) is 0 Å². The van der Waals surface area contributed by atoms with Gasteiger partial charge in [-0.3, -0.25) is 14.3 Å². The van der Waals surface area contributed by atoms with Crippen LogP contribution in [-0.4, -0.2) is 34.2 Å². The van der Waals surface area contributed by atoms with Crippen molar-refractivity contribution < 1.29 is 9.59 Å². The van der Waals surface area contributed by atoms with Crippen LogP contribution in [0.1, 0.15) is 18.9 Å². The molecule has 6 heteroatoms. The third-order valence-electron chi connectivity index (χ3n) is 3.40. The number of nitrogens with one attached hydrogen (secondary N) is 2. The summed E-state index contributed by atoms with van der Waals surface area (Å²) < 4.78 is 1.81. The van der Waals surface area contributed by atoms with E-state index in [1.165, 1.54) is 6.08 Å². The minimum Gasteiger partial charge on any atom is -0.354 e. The Morgan fingerprint density at radius 2 is 2.04 bits per heavy atom. The molecular weight excluding hydrogens is 304 g/mol. The van der Waals surface area contributed by atoms with E-state index in [9.17, 15) is 9.59 Å². The second-order valence-corrected chi connectivity index (χ2v) is 5.39. The highest BCUT2D eigenvalue weighted by Crippen LogP contribution is 2.00. The van der Waals surface area contributed by atoms with Crippen LogP contribution in [0.3, 0.4) is 0 Å². The van der Waals surface area contributed by atoms with E-state index in [1.807, 2.05) is 47.3 Å². The number of amides is 2. The van der Waals surface area contributed by atoms with Gasteiger partial charge in [0, 0.05) is 31.6 Å². The average Bonchev–Trinajstić information content (AvgIpc) is 3.11. The quantitative estimate of drug-likeness (QED) is 0.571. The Kier molecular flexibility index (Phi) is 6.76. The summed E-state index contributed by atoms with van der Waals surface area (Å²) in [6.07, 6.45) is 7.52. The van der Waals surface area contributed by atoms with Crippen LogP contribution in [0, 0.1) is 0 Å². The fourth-order valence-corrected chi connectivity index (χ4v) is 2.10. The molecular formula is C18H22N4O2. The van der Waals surface area contributed by atoms with Gasteiger partial charge in [-0.2, -0.15) is 5.10 Å². The van der Waals surface area contributed by atoms with E-state index in [0.717, 1.165) is 18.5 Å². The second-order valence-electron chi connectivity index (χ2n) is 5.39. The molecule has 1 heterocycles. The molecule has 1 atom stereocenters. The zero-order valence-corrected chi connectivity index (χ0v) is 13.7. The number of rotatable bonds is 8. The van der Waals surface area contributed by atoms with E-state index in [1.54, 1.807) is 19.2 Å². The van der Waals surface area contributed by atoms with Gasteiger partial charge >= 0.3 is 0 Å². The Morgan fingerprint density at radius 1 is 1.25 bits per heavy atom. The standard InChI is InChI=1S/C18H22N4O2/c1-15(18(24)19-11-5-13-22-14-6-12-20-22)21-17(23)10-9-16-7-3-2-4-8-16/h2-4,6-10,12,14-15H,5,11,13H2,1H3,(H,19,24)(H,21,23)/b10-9+. The highest BCUT2D eigenvalue weighted by molar-refractivity contribution is 5.95. The number of carbonyl (C=O) groups excluding carboxylic acids is 2. The molecule has 2 rings (SSSR count). The number of carbonyl (C=O) groups is 2. The molecule has 0 saturated heterocycles. The lowest BCUT2D eigenvalue weighted by Crippen LogP contribution is -2.44. The SMILES string of the molecule is CC(NC(=O)/C=C/c1ccccc1)C(=O)NCCCn1cccn1. The van der Waals surface area contributed by atoms with Crippen molar-refractivity contribution in [2.24, 2.45) is 0 Å². The Morgan fingerprint density at radius 3 is 2.75 bits per heavy atom. The molecule has 1 aromatic heterocycles. The maximum absolute atomic E-state index is 11.9. The zero-order chi connectivity index (χ0) is 17.2. The third-order valence-corrected chi connectivity index (χ3v) is 3.40. The summed E-state index contributed by atoms with van der Waals surface area (Å²) in [4.78, 5) is 23.8. The zero-order valence-electron chi connectivity index (χ0n) is 13.7. The van der Waals surface area contributed by atoms with Crippen molar-refractivity contribution >= 4 is 17.9 Å². The van der Waals surface area contributed by atoms with Crippen molar-refractivity contribution in [3.05, 3.63) is 60.4 Å². The number of benzene rings is 1. The van der Waals surface area contributed by atoms with E-state index in [-0.39, 0.29) is 11.8 Å². The molecule has 2 amide bonds. The summed E-state index contributed by atoms with van der Waals surface area (Å²) in [6.45, 7) is 2.95. The lowest BCUT2D eigenvalue weighted by Gasteiger charge is -2.13. The van der Waals surface area contributed by atoms with Crippen molar-refractivity contribution in [2.75, 3.05) is 6.54 Å². The van der Waals surface area contributed by atoms with Crippen LogP contribution in [0.2, 0.25) is 0 Å². The molecule has 0 aliphatic carbocycles. The van der Waals surface area contributed by atoms with Gasteiger partial charge in [0.2, 0.25) is 11.8 Å². The molecule has 0 saturated carbocycles. The summed E-state index contributed by atoms with van der Waals surface area (Å²) >= 11 is 0. The number of nitrogens with zero attached hydrogens (tertiary/aromatic N) is 2. The Hall–Kier alpha value is -2.89. The predicted molar refractivity (Wildman–Crippen MR) is 92.9 cm³/mol. The molecule has 0 spiro atoms. The Balaban J connectivity index is 1.66. The van der Waals surface area contributed by atoms with Crippen molar-refractivity contribution in [1.82, 2.24) is 20.4 Å². The van der Waals surface area contributed by atoms with Gasteiger partial charge in [0.15, 0.2) is 0 Å². The molecule has 2 N–H and O–H groups in total. The first-order chi connectivity index (χ1) is 11.6. The minimum atomic E-state index is -0.581. The van der Waals surface area contributed by atoms with Crippen LogP contribution in [0.25, 0.3) is 6.08 Å². The van der Waals surface area contributed by atoms with E-state index in [4.69, 9.17) is 0 Å². The summed E-state index contributed by atoms with van der Waals surface area (Å²) in [6, 6.07) is 10.8. The third kappa shape index (κ3) is 6.08. The highest BCUT2D eigenvalue weighted by Gasteiger charge is 2.13. The van der Waals surface area contributed by atoms with Gasteiger partial charge in [-0.05, 0) is 31.1 Å². The van der Waals surface area contributed by atoms with Gasteiger partial charge in [0.25, 0.3) is 0 Å². The van der Waals surface area contributed by atoms with Crippen LogP contribution in [-0.2, 0) is 16.1 Å². The fraction of sp³-hybridized carbons (Fsp3) is 0.278. The molecule has 0 radical (unpaired) electrons. The maximum atomic E-state index is 11.9. The van der Waals surface area contributed by atoms with Gasteiger partial charge in [-0.25, -0.2) is 0 Å². The monoisotopic (exact) mass is 326 g/mol. The molecule has 1 unspecified atom stereocenters. The van der Waals surface area contributed by atoms with Crippen LogP contribution >= 0.6 is 0 Å². The summed E-state index contributed by atoms with van der Waals surface area (Å²) in [5.74, 6) is -0.491. The van der Waals surface area contributed by atoms with Crippen LogP contribution in [0.15, 0.2) is 54.9 Å². The van der Waals surface area contributed by atoms with Crippen LogP contribution < -0.4 is 10.6 Å². The molecule has 24 heavy (non-hydrogen) atoms. The number of hydrogen-bond acceptors (Lipinski definition) is 3. The molecule has 0 aliphatic heterocycles. The second kappa shape index (κ2) is 9.29. The summed E-state index contributed by atoms with van der Waals surface area (Å²) in [7, 11) is 0. The van der Waals surface area contributed by atoms with Crippen molar-refractivity contribution in [3.8, 4) is 0 Å². The van der Waals surface area contributed by atoms with Gasteiger partial charge in [0.05, 0.1) is 0 Å². The number of aromatic nitrogens is 2. The smallest absolute Gasteiger partial charge is 0.244 e. The number of hydrogen-bond donors (Lipinski definition) is 2. The molecule has 0 fully saturated rings. The molecule has 126 valence electrons. The highest BCUT2D eigenvalue weighted by atomic mass is 16.2. The average molecular weight is 326 g/mol. The molecule has 2 aromatic rings. The molecule has 0 bridgehead atoms. The van der Waals surface area contributed by atoms with Crippen LogP contribution in [0.4, 0.5) is 0 Å². The first-order valence-corrected chi connectivity index (χ1v) is 7.94. The van der Waals surface area contributed by atoms with E-state index >= 15 is 0 Å². The normalized spacial score (nSPS) is 12.0. The summed E-state index contributed by atoms with van der Waals surface area (Å²) in [5, 5.41) is 9.55. The van der Waals surface area contributed by atoms with Gasteiger partial charge < -0.3 is 10.6 Å².